The van der Waals surface area contributed by atoms with Crippen LogP contribution in [0.3, 0.4) is 0 Å². The number of nitrogens with zero attached hydrogens (tertiary/aromatic N) is 3. The van der Waals surface area contributed by atoms with E-state index in [1.165, 1.54) is 11.3 Å². The first-order valence-corrected chi connectivity index (χ1v) is 11.5. The predicted molar refractivity (Wildman–Crippen MR) is 129 cm³/mol. The van der Waals surface area contributed by atoms with Crippen molar-refractivity contribution in [3.05, 3.63) is 83.5 Å². The molecule has 0 aliphatic rings. The van der Waals surface area contributed by atoms with Crippen molar-refractivity contribution in [1.82, 2.24) is 14.4 Å². The first-order chi connectivity index (χ1) is 16.6. The van der Waals surface area contributed by atoms with E-state index in [1.54, 1.807) is 25.3 Å². The Bertz CT molecular complexity index is 1420. The van der Waals surface area contributed by atoms with E-state index in [1.807, 2.05) is 59.4 Å². The molecule has 0 aliphatic heterocycles. The fourth-order valence-electron chi connectivity index (χ4n) is 3.50. The number of nitrogens with one attached hydrogen (secondary N) is 1. The van der Waals surface area contributed by atoms with Crippen molar-refractivity contribution in [1.29, 1.82) is 0 Å². The van der Waals surface area contributed by atoms with E-state index in [9.17, 15) is 4.79 Å². The number of imidazole rings is 1. The molecule has 4 aromatic heterocycles. The summed E-state index contributed by atoms with van der Waals surface area (Å²) < 4.78 is 18.9. The fourth-order valence-corrected chi connectivity index (χ4v) is 4.28. The second-order valence-corrected chi connectivity index (χ2v) is 8.49. The van der Waals surface area contributed by atoms with Gasteiger partial charge in [0, 0.05) is 29.5 Å². The molecular weight excluding hydrogens is 452 g/mol. The van der Waals surface area contributed by atoms with E-state index in [2.05, 4.69) is 15.3 Å². The van der Waals surface area contributed by atoms with Crippen LogP contribution in [0.1, 0.15) is 17.1 Å². The molecule has 0 fully saturated rings. The molecular formula is C25H22N4O4S. The number of fused-ring (bicyclic) bond motifs is 1. The largest absolute Gasteiger partial charge is 0.493 e. The van der Waals surface area contributed by atoms with Gasteiger partial charge in [0.2, 0.25) is 5.91 Å². The Balaban J connectivity index is 1.24. The van der Waals surface area contributed by atoms with Crippen LogP contribution < -0.4 is 14.8 Å². The Hall–Kier alpha value is -4.11. The van der Waals surface area contributed by atoms with Gasteiger partial charge in [0.15, 0.2) is 22.3 Å². The molecule has 0 saturated carbocycles. The molecule has 1 amide bonds. The molecule has 0 spiro atoms. The Labute approximate surface area is 199 Å². The third-order valence-corrected chi connectivity index (χ3v) is 5.99. The van der Waals surface area contributed by atoms with Crippen LogP contribution in [-0.4, -0.2) is 27.4 Å². The molecule has 172 valence electrons. The number of aryl methyl sites for hydroxylation is 1. The number of amides is 1. The number of thiazole rings is 1. The number of furan rings is 1. The maximum absolute atomic E-state index is 12.6. The molecule has 4 heterocycles. The molecule has 1 aromatic carbocycles. The highest BCUT2D eigenvalue weighted by Gasteiger charge is 2.13. The highest BCUT2D eigenvalue weighted by molar-refractivity contribution is 7.13. The van der Waals surface area contributed by atoms with Gasteiger partial charge >= 0.3 is 0 Å². The summed E-state index contributed by atoms with van der Waals surface area (Å²) in [5.74, 6) is 2.44. The minimum absolute atomic E-state index is 0.152. The summed E-state index contributed by atoms with van der Waals surface area (Å²) in [5.41, 5.74) is 2.92. The molecule has 34 heavy (non-hydrogen) atoms. The van der Waals surface area contributed by atoms with Gasteiger partial charge in [0.25, 0.3) is 0 Å². The minimum atomic E-state index is -0.177. The van der Waals surface area contributed by atoms with Crippen LogP contribution in [0, 0.1) is 6.92 Å². The summed E-state index contributed by atoms with van der Waals surface area (Å²) in [5, 5.41) is 5.52. The van der Waals surface area contributed by atoms with Crippen molar-refractivity contribution in [2.24, 2.45) is 0 Å². The van der Waals surface area contributed by atoms with Crippen LogP contribution in [0.4, 0.5) is 5.69 Å². The Morgan fingerprint density at radius 3 is 2.82 bits per heavy atom. The number of carbonyl (C=O) groups excluding carboxylic acids is 1. The minimum Gasteiger partial charge on any atom is -0.493 e. The second-order valence-electron chi connectivity index (χ2n) is 7.63. The van der Waals surface area contributed by atoms with Gasteiger partial charge in [0.1, 0.15) is 18.0 Å². The van der Waals surface area contributed by atoms with E-state index < -0.39 is 0 Å². The average molecular weight is 475 g/mol. The number of rotatable bonds is 8. The number of carbonyl (C=O) groups is 1. The summed E-state index contributed by atoms with van der Waals surface area (Å²) in [4.78, 5) is 21.7. The smallest absolute Gasteiger partial charge is 0.230 e. The van der Waals surface area contributed by atoms with Crippen LogP contribution in [-0.2, 0) is 17.8 Å². The van der Waals surface area contributed by atoms with E-state index in [4.69, 9.17) is 13.9 Å². The Morgan fingerprint density at radius 2 is 2.03 bits per heavy atom. The topological polar surface area (TPSA) is 90.9 Å². The standard InChI is InChI=1S/C25H22N4O4S/c1-16-6-8-21(33-16)25-28-18(15-34-25)12-24(30)27-17-7-9-20(31-2)22(11-17)32-14-19-13-29-10-4-3-5-23(29)26-19/h3-11,13,15H,12,14H2,1-2H3,(H,27,30). The van der Waals surface area contributed by atoms with Crippen molar-refractivity contribution >= 4 is 28.6 Å². The van der Waals surface area contributed by atoms with Gasteiger partial charge in [0.05, 0.1) is 24.9 Å². The quantitative estimate of drug-likeness (QED) is 0.335. The lowest BCUT2D eigenvalue weighted by Gasteiger charge is -2.12. The lowest BCUT2D eigenvalue weighted by atomic mass is 10.2. The summed E-state index contributed by atoms with van der Waals surface area (Å²) >= 11 is 1.45. The zero-order valence-electron chi connectivity index (χ0n) is 18.6. The second kappa shape index (κ2) is 9.40. The van der Waals surface area contributed by atoms with Gasteiger partial charge in [-0.2, -0.15) is 0 Å². The molecule has 0 radical (unpaired) electrons. The summed E-state index contributed by atoms with van der Waals surface area (Å²) in [6.07, 6.45) is 4.00. The van der Waals surface area contributed by atoms with Crippen molar-refractivity contribution in [2.45, 2.75) is 20.0 Å². The normalized spacial score (nSPS) is 11.0. The lowest BCUT2D eigenvalue weighted by Crippen LogP contribution is -2.14. The fraction of sp³-hybridized carbons (Fsp3) is 0.160. The van der Waals surface area contributed by atoms with Gasteiger partial charge in [-0.05, 0) is 43.3 Å². The Kier molecular flexibility index (Phi) is 6.01. The monoisotopic (exact) mass is 474 g/mol. The molecule has 9 heteroatoms. The van der Waals surface area contributed by atoms with Gasteiger partial charge in [-0.25, -0.2) is 9.97 Å². The predicted octanol–water partition coefficient (Wildman–Crippen LogP) is 5.13. The van der Waals surface area contributed by atoms with Crippen molar-refractivity contribution in [3.63, 3.8) is 0 Å². The number of benzene rings is 1. The number of pyridine rings is 1. The number of ether oxygens (including phenoxy) is 2. The van der Waals surface area contributed by atoms with Gasteiger partial charge in [-0.3, -0.25) is 4.79 Å². The van der Waals surface area contributed by atoms with Crippen LogP contribution in [0.2, 0.25) is 0 Å². The van der Waals surface area contributed by atoms with Crippen molar-refractivity contribution < 1.29 is 18.7 Å². The number of methoxy groups -OCH3 is 1. The summed E-state index contributed by atoms with van der Waals surface area (Å²) in [6.45, 7) is 2.15. The van der Waals surface area contributed by atoms with E-state index in [-0.39, 0.29) is 18.9 Å². The first kappa shape index (κ1) is 21.7. The maximum Gasteiger partial charge on any atom is 0.230 e. The van der Waals surface area contributed by atoms with Gasteiger partial charge < -0.3 is 23.6 Å². The first-order valence-electron chi connectivity index (χ1n) is 10.6. The van der Waals surface area contributed by atoms with E-state index >= 15 is 0 Å². The number of anilines is 1. The number of aromatic nitrogens is 3. The molecule has 8 nitrogen and oxygen atoms in total. The highest BCUT2D eigenvalue weighted by Crippen LogP contribution is 2.31. The third-order valence-electron chi connectivity index (χ3n) is 5.08. The molecule has 5 rings (SSSR count). The number of hydrogen-bond acceptors (Lipinski definition) is 7. The number of hydrogen-bond donors (Lipinski definition) is 1. The lowest BCUT2D eigenvalue weighted by molar-refractivity contribution is -0.115. The molecule has 0 bridgehead atoms. The molecule has 0 unspecified atom stereocenters. The molecule has 0 saturated heterocycles. The Morgan fingerprint density at radius 1 is 1.12 bits per heavy atom. The SMILES string of the molecule is COc1ccc(NC(=O)Cc2csc(-c3ccc(C)o3)n2)cc1OCc1cn2ccccc2n1. The molecule has 0 aliphatic carbocycles. The van der Waals surface area contributed by atoms with Crippen LogP contribution in [0.15, 0.2) is 70.7 Å². The van der Waals surface area contributed by atoms with Crippen LogP contribution in [0.25, 0.3) is 16.4 Å². The molecule has 5 aromatic rings. The van der Waals surface area contributed by atoms with E-state index in [0.29, 0.717) is 28.6 Å². The van der Waals surface area contributed by atoms with Crippen molar-refractivity contribution in [3.8, 4) is 22.3 Å². The zero-order valence-corrected chi connectivity index (χ0v) is 19.5. The summed E-state index contributed by atoms with van der Waals surface area (Å²) in [7, 11) is 1.58. The third kappa shape index (κ3) is 4.79. The molecule has 1 N–H and O–H groups in total. The zero-order chi connectivity index (χ0) is 23.5. The van der Waals surface area contributed by atoms with Crippen LogP contribution >= 0.6 is 11.3 Å². The molecule has 0 atom stereocenters. The average Bonchev–Trinajstić information content (AvgIpc) is 3.57. The summed E-state index contributed by atoms with van der Waals surface area (Å²) in [6, 6.07) is 14.9. The highest BCUT2D eigenvalue weighted by atomic mass is 32.1. The maximum atomic E-state index is 12.6. The van der Waals surface area contributed by atoms with Gasteiger partial charge in [-0.15, -0.1) is 11.3 Å². The van der Waals surface area contributed by atoms with Crippen molar-refractivity contribution in [2.75, 3.05) is 12.4 Å². The van der Waals surface area contributed by atoms with Gasteiger partial charge in [-0.1, -0.05) is 6.07 Å². The van der Waals surface area contributed by atoms with E-state index in [0.717, 1.165) is 22.1 Å². The van der Waals surface area contributed by atoms with Crippen LogP contribution in [0.5, 0.6) is 11.5 Å².